The molecule has 3 amide bonds. The van der Waals surface area contributed by atoms with Gasteiger partial charge < -0.3 is 19.9 Å². The van der Waals surface area contributed by atoms with Crippen molar-refractivity contribution in [1.29, 1.82) is 0 Å². The number of anilines is 3. The summed E-state index contributed by atoms with van der Waals surface area (Å²) in [6.07, 6.45) is 3.41. The highest BCUT2D eigenvalue weighted by molar-refractivity contribution is 7.85. The Morgan fingerprint density at radius 2 is 1.65 bits per heavy atom. The van der Waals surface area contributed by atoms with Crippen LogP contribution in [0.4, 0.5) is 22.0 Å². The molecule has 4 rings (SSSR count). The molecule has 0 bridgehead atoms. The zero-order chi connectivity index (χ0) is 34.3. The molecule has 0 radical (unpaired) electrons. The van der Waals surface area contributed by atoms with E-state index < -0.39 is 33.1 Å². The second-order valence-electron chi connectivity index (χ2n) is 14.2. The first-order valence-electron chi connectivity index (χ1n) is 15.0. The number of likely N-dealkylation sites (tertiary alicyclic amines) is 1. The van der Waals surface area contributed by atoms with Crippen molar-refractivity contribution < 1.29 is 36.2 Å². The van der Waals surface area contributed by atoms with Crippen molar-refractivity contribution in [2.75, 3.05) is 29.3 Å². The van der Waals surface area contributed by atoms with Gasteiger partial charge in [-0.3, -0.25) is 10.1 Å². The molecule has 0 spiro atoms. The van der Waals surface area contributed by atoms with E-state index in [-0.39, 0.29) is 21.9 Å². The van der Waals surface area contributed by atoms with Crippen molar-refractivity contribution in [2.45, 2.75) is 90.8 Å². The molecule has 1 aromatic carbocycles. The number of aromatic nitrogens is 2. The van der Waals surface area contributed by atoms with E-state index in [1.54, 1.807) is 43.4 Å². The van der Waals surface area contributed by atoms with Gasteiger partial charge in [0.2, 0.25) is 0 Å². The van der Waals surface area contributed by atoms with Gasteiger partial charge in [0, 0.05) is 35.7 Å². The fraction of sp³-hybridized carbons (Fsp3) is 0.500. The minimum atomic E-state index is -3.70. The highest BCUT2D eigenvalue weighted by atomic mass is 32.2. The quantitative estimate of drug-likeness (QED) is 0.246. The molecule has 0 aliphatic carbocycles. The summed E-state index contributed by atoms with van der Waals surface area (Å²) in [6, 6.07) is 9.58. The molecule has 250 valence electrons. The van der Waals surface area contributed by atoms with Crippen molar-refractivity contribution in [3.63, 3.8) is 0 Å². The van der Waals surface area contributed by atoms with Crippen LogP contribution in [0.2, 0.25) is 0 Å². The molecule has 2 aromatic heterocycles. The Hall–Kier alpha value is -4.01. The van der Waals surface area contributed by atoms with Crippen molar-refractivity contribution in [3.05, 3.63) is 59.6 Å². The van der Waals surface area contributed by atoms with Crippen LogP contribution < -0.4 is 20.7 Å². The van der Waals surface area contributed by atoms with E-state index >= 15 is 0 Å². The van der Waals surface area contributed by atoms with Gasteiger partial charge in [-0.25, -0.2) is 9.78 Å². The Morgan fingerprint density at radius 3 is 2.17 bits per heavy atom. The molecule has 1 saturated heterocycles. The van der Waals surface area contributed by atoms with E-state index in [4.69, 9.17) is 13.5 Å². The van der Waals surface area contributed by atoms with Crippen LogP contribution in [0, 0.1) is 6.92 Å². The molecule has 0 atom stereocenters. The van der Waals surface area contributed by atoms with Gasteiger partial charge in [-0.2, -0.15) is 13.1 Å². The lowest BCUT2D eigenvalue weighted by Gasteiger charge is -2.56. The number of urea groups is 1. The predicted molar refractivity (Wildman–Crippen MR) is 175 cm³/mol. The fourth-order valence-corrected chi connectivity index (χ4v) is 6.67. The van der Waals surface area contributed by atoms with Gasteiger partial charge in [0.15, 0.2) is 5.82 Å². The van der Waals surface area contributed by atoms with Crippen molar-refractivity contribution in [3.8, 4) is 5.75 Å². The summed E-state index contributed by atoms with van der Waals surface area (Å²) in [5.41, 5.74) is 0.627. The summed E-state index contributed by atoms with van der Waals surface area (Å²) < 4.78 is 41.2. The van der Waals surface area contributed by atoms with Gasteiger partial charge in [0.25, 0.3) is 5.91 Å². The van der Waals surface area contributed by atoms with E-state index in [2.05, 4.69) is 26.1 Å². The maximum absolute atomic E-state index is 13.0. The van der Waals surface area contributed by atoms with Crippen LogP contribution in [0.5, 0.6) is 5.75 Å². The lowest BCUT2D eigenvalue weighted by Crippen LogP contribution is -2.73. The first-order chi connectivity index (χ1) is 21.1. The molecule has 3 N–H and O–H groups in total. The number of aryl methyl sites for hydroxylation is 1. The Balaban J connectivity index is 1.35. The Bertz CT molecular complexity index is 1690. The molecular weight excluding hydrogens is 612 g/mol. The van der Waals surface area contributed by atoms with E-state index in [9.17, 15) is 18.0 Å². The number of nitrogens with one attached hydrogen (secondary N) is 3. The monoisotopic (exact) mass is 657 g/mol. The zero-order valence-corrected chi connectivity index (χ0v) is 29.0. The maximum Gasteiger partial charge on any atom is 0.324 e. The third kappa shape index (κ3) is 7.85. The van der Waals surface area contributed by atoms with E-state index in [1.165, 1.54) is 6.20 Å². The number of carbonyl (C=O) groups excluding carboxylic acids is 2. The molecule has 14 heteroatoms. The average Bonchev–Trinajstić information content (AvgIpc) is 3.37. The molecule has 1 aliphatic heterocycles. The minimum absolute atomic E-state index is 0.110. The number of hydrogen-bond acceptors (Lipinski definition) is 9. The largest absolute Gasteiger partial charge is 0.488 e. The van der Waals surface area contributed by atoms with E-state index in [0.717, 1.165) is 11.8 Å². The average molecular weight is 658 g/mol. The number of benzene rings is 1. The normalized spacial score (nSPS) is 20.9. The summed E-state index contributed by atoms with van der Waals surface area (Å²) in [5.74, 6) is 1.05. The van der Waals surface area contributed by atoms with Crippen LogP contribution >= 0.6 is 0 Å². The molecule has 1 aliphatic rings. The third-order valence-corrected chi connectivity index (χ3v) is 9.11. The third-order valence-electron chi connectivity index (χ3n) is 8.54. The number of amides is 3. The number of hydrogen-bond donors (Lipinski definition) is 3. The smallest absolute Gasteiger partial charge is 0.324 e. The highest BCUT2D eigenvalue weighted by Crippen LogP contribution is 2.46. The molecule has 3 aromatic rings. The second kappa shape index (κ2) is 12.3. The number of rotatable bonds is 8. The number of quaternary nitrogens is 1. The second-order valence-corrected chi connectivity index (χ2v) is 15.8. The van der Waals surface area contributed by atoms with Gasteiger partial charge in [-0.15, -0.1) is 0 Å². The Morgan fingerprint density at radius 1 is 1.00 bits per heavy atom. The van der Waals surface area contributed by atoms with Crippen molar-refractivity contribution in [1.82, 2.24) is 10.1 Å². The molecule has 0 unspecified atom stereocenters. The molecule has 1 fully saturated rings. The van der Waals surface area contributed by atoms with Crippen molar-refractivity contribution >= 4 is 39.2 Å². The number of piperidine rings is 1. The zero-order valence-electron chi connectivity index (χ0n) is 28.1. The standard InChI is InChI=1S/C32H44N6O7S/c1-20-15-21(34-29(40)36-27-16-26(44-37-27)30(2,3)4)11-13-24(20)35-28(39)25-14-12-22(19-33-25)43-23-17-31(5,6)38(9,32(7,8)18-23)45-46(10,41)42/h11-16,19,23H,17-18H2,1-10H3,(H2-,33,34,35,36,37,39,40)/p+1. The summed E-state index contributed by atoms with van der Waals surface area (Å²) in [5, 5.41) is 12.1. The Labute approximate surface area is 270 Å². The van der Waals surface area contributed by atoms with Crippen molar-refractivity contribution in [2.24, 2.45) is 0 Å². The molecule has 3 heterocycles. The van der Waals surface area contributed by atoms with Gasteiger partial charge in [-0.1, -0.05) is 30.2 Å². The molecular formula is C32H45N6O7S+. The SMILES string of the molecule is Cc1cc(NC(=O)Nc2cc(C(C)(C)C)on2)ccc1NC(=O)c1ccc(OC2CC(C)(C)[N+](C)(OS(C)(=O)=O)C(C)(C)C2)cn1. The van der Waals surface area contributed by atoms with Gasteiger partial charge in [0.05, 0.1) is 12.5 Å². The number of carbonyl (C=O) groups is 2. The van der Waals surface area contributed by atoms with Gasteiger partial charge in [-0.05, 0) is 70.5 Å². The van der Waals surface area contributed by atoms with Gasteiger partial charge >= 0.3 is 16.1 Å². The van der Waals surface area contributed by atoms with Crippen LogP contribution in [0.3, 0.4) is 0 Å². The van der Waals surface area contributed by atoms with E-state index in [0.29, 0.717) is 41.5 Å². The number of hydroxylamine groups is 3. The van der Waals surface area contributed by atoms with E-state index in [1.807, 2.05) is 55.4 Å². The highest BCUT2D eigenvalue weighted by Gasteiger charge is 2.61. The summed E-state index contributed by atoms with van der Waals surface area (Å²) in [6.45, 7) is 15.6. The van der Waals surface area contributed by atoms with Crippen LogP contribution in [0.15, 0.2) is 47.1 Å². The number of nitrogens with zero attached hydrogens (tertiary/aromatic N) is 3. The summed E-state index contributed by atoms with van der Waals surface area (Å²) >= 11 is 0. The number of pyridine rings is 1. The molecule has 0 saturated carbocycles. The Kier molecular flexibility index (Phi) is 9.32. The van der Waals surface area contributed by atoms with Crippen LogP contribution in [0.1, 0.15) is 83.1 Å². The summed E-state index contributed by atoms with van der Waals surface area (Å²) in [4.78, 5) is 29.8. The van der Waals surface area contributed by atoms with Gasteiger partial charge in [0.1, 0.15) is 41.4 Å². The van der Waals surface area contributed by atoms with Crippen LogP contribution in [-0.4, -0.2) is 65.6 Å². The lowest BCUT2D eigenvalue weighted by atomic mass is 9.78. The first kappa shape index (κ1) is 34.9. The fourth-order valence-electron chi connectivity index (χ4n) is 5.72. The maximum atomic E-state index is 13.0. The van der Waals surface area contributed by atoms with Crippen LogP contribution in [0.25, 0.3) is 0 Å². The van der Waals surface area contributed by atoms with Crippen LogP contribution in [-0.2, 0) is 19.8 Å². The summed E-state index contributed by atoms with van der Waals surface area (Å²) in [7, 11) is -1.91. The molecule has 46 heavy (non-hydrogen) atoms. The lowest BCUT2D eigenvalue weighted by molar-refractivity contribution is -1.14. The number of ether oxygens (including phenoxy) is 1. The minimum Gasteiger partial charge on any atom is -0.488 e. The topological polar surface area (TPSA) is 162 Å². The first-order valence-corrected chi connectivity index (χ1v) is 16.8. The predicted octanol–water partition coefficient (Wildman–Crippen LogP) is 6.01. The molecule has 13 nitrogen and oxygen atoms in total.